The Labute approximate surface area is 154 Å². The van der Waals surface area contributed by atoms with Crippen LogP contribution in [0.1, 0.15) is 10.4 Å². The van der Waals surface area contributed by atoms with Gasteiger partial charge in [-0.25, -0.2) is 4.39 Å². The number of nitrogens with zero attached hydrogens (tertiary/aromatic N) is 2. The van der Waals surface area contributed by atoms with Crippen LogP contribution in [0.3, 0.4) is 0 Å². The Morgan fingerprint density at radius 2 is 2.04 bits per heavy atom. The summed E-state index contributed by atoms with van der Waals surface area (Å²) in [6.45, 7) is 0.0316. The van der Waals surface area contributed by atoms with E-state index in [9.17, 15) is 19.1 Å². The Morgan fingerprint density at radius 3 is 2.67 bits per heavy atom. The second-order valence-electron chi connectivity index (χ2n) is 5.88. The maximum atomic E-state index is 14.4. The van der Waals surface area contributed by atoms with Crippen LogP contribution in [0.4, 0.5) is 4.39 Å². The number of carbonyl (C=O) groups is 2. The molecule has 1 heterocycles. The van der Waals surface area contributed by atoms with Crippen molar-refractivity contribution >= 4 is 11.7 Å². The summed E-state index contributed by atoms with van der Waals surface area (Å²) in [6.07, 6.45) is 1.43. The molecule has 0 radical (unpaired) electrons. The molecular formula is C20H15FN2O4. The molecule has 0 aliphatic carbocycles. The summed E-state index contributed by atoms with van der Waals surface area (Å²) in [7, 11) is 1.50. The van der Waals surface area contributed by atoms with Crippen molar-refractivity contribution in [3.8, 4) is 28.7 Å². The third-order valence-electron chi connectivity index (χ3n) is 4.26. The highest BCUT2D eigenvalue weighted by Gasteiger charge is 2.30. The number of aromatic hydroxyl groups is 1. The largest absolute Gasteiger partial charge is 0.505 e. The summed E-state index contributed by atoms with van der Waals surface area (Å²) >= 11 is 0. The number of amides is 1. The van der Waals surface area contributed by atoms with Crippen molar-refractivity contribution in [1.82, 2.24) is 4.90 Å². The molecule has 0 bridgehead atoms. The molecule has 136 valence electrons. The number of ether oxygens (including phenoxy) is 1. The maximum Gasteiger partial charge on any atom is 0.258 e. The summed E-state index contributed by atoms with van der Waals surface area (Å²) in [5.74, 6) is -2.17. The van der Waals surface area contributed by atoms with E-state index >= 15 is 0 Å². The van der Waals surface area contributed by atoms with Crippen molar-refractivity contribution in [3.63, 3.8) is 0 Å². The van der Waals surface area contributed by atoms with Gasteiger partial charge in [0.15, 0.2) is 17.3 Å². The minimum Gasteiger partial charge on any atom is -0.505 e. The summed E-state index contributed by atoms with van der Waals surface area (Å²) in [6, 6.07) is 10.6. The maximum absolute atomic E-state index is 14.4. The highest BCUT2D eigenvalue weighted by Crippen LogP contribution is 2.32. The molecule has 2 aromatic rings. The topological polar surface area (TPSA) is 90.6 Å². The van der Waals surface area contributed by atoms with Crippen molar-refractivity contribution in [1.29, 1.82) is 5.26 Å². The van der Waals surface area contributed by atoms with Crippen LogP contribution < -0.4 is 4.74 Å². The second-order valence-corrected chi connectivity index (χ2v) is 5.88. The van der Waals surface area contributed by atoms with Crippen LogP contribution in [0.5, 0.6) is 11.5 Å². The fourth-order valence-electron chi connectivity index (χ4n) is 2.83. The van der Waals surface area contributed by atoms with Gasteiger partial charge in [0.25, 0.3) is 5.91 Å². The number of phenols is 1. The number of halogens is 1. The first-order chi connectivity index (χ1) is 13.0. The number of hydrogen-bond donors (Lipinski definition) is 1. The quantitative estimate of drug-likeness (QED) is 0.499. The molecular weight excluding hydrogens is 351 g/mol. The number of rotatable bonds is 5. The smallest absolute Gasteiger partial charge is 0.258 e. The van der Waals surface area contributed by atoms with Crippen molar-refractivity contribution in [3.05, 3.63) is 59.4 Å². The van der Waals surface area contributed by atoms with E-state index in [-0.39, 0.29) is 29.8 Å². The predicted octanol–water partition coefficient (Wildman–Crippen LogP) is 2.68. The van der Waals surface area contributed by atoms with Gasteiger partial charge in [-0.15, -0.1) is 0 Å². The summed E-state index contributed by atoms with van der Waals surface area (Å²) in [5, 5.41) is 18.6. The zero-order valence-corrected chi connectivity index (χ0v) is 14.4. The minimum absolute atomic E-state index is 0.0156. The van der Waals surface area contributed by atoms with Crippen LogP contribution in [-0.2, 0) is 4.79 Å². The van der Waals surface area contributed by atoms with Gasteiger partial charge in [0, 0.05) is 17.7 Å². The predicted molar refractivity (Wildman–Crippen MR) is 94.7 cm³/mol. The Hall–Kier alpha value is -3.66. The first-order valence-electron chi connectivity index (χ1n) is 8.04. The van der Waals surface area contributed by atoms with Crippen molar-refractivity contribution in [2.75, 3.05) is 20.2 Å². The van der Waals surface area contributed by atoms with Gasteiger partial charge in [0.1, 0.15) is 12.3 Å². The molecule has 0 atom stereocenters. The van der Waals surface area contributed by atoms with Gasteiger partial charge in [-0.05, 0) is 35.9 Å². The Kier molecular flexibility index (Phi) is 4.90. The number of methoxy groups -OCH3 is 1. The molecule has 1 aliphatic heterocycles. The number of Topliss-reactive ketones (excluding diaryl/α,β-unsaturated/α-hetero) is 1. The zero-order chi connectivity index (χ0) is 19.6. The van der Waals surface area contributed by atoms with Crippen molar-refractivity contribution in [2.45, 2.75) is 0 Å². The van der Waals surface area contributed by atoms with Gasteiger partial charge in [0.2, 0.25) is 0 Å². The summed E-state index contributed by atoms with van der Waals surface area (Å²) < 4.78 is 19.5. The first-order valence-corrected chi connectivity index (χ1v) is 8.04. The molecule has 2 aromatic carbocycles. The molecule has 6 nitrogen and oxygen atoms in total. The lowest BCUT2D eigenvalue weighted by Crippen LogP contribution is -2.29. The van der Waals surface area contributed by atoms with Gasteiger partial charge in [-0.3, -0.25) is 9.59 Å². The monoisotopic (exact) mass is 366 g/mol. The van der Waals surface area contributed by atoms with Crippen LogP contribution in [0.25, 0.3) is 11.1 Å². The Morgan fingerprint density at radius 1 is 1.33 bits per heavy atom. The van der Waals surface area contributed by atoms with Crippen LogP contribution in [0.15, 0.2) is 48.0 Å². The lowest BCUT2D eigenvalue weighted by atomic mass is 9.97. The van der Waals surface area contributed by atoms with Gasteiger partial charge in [0.05, 0.1) is 18.8 Å². The Bertz CT molecular complexity index is 990. The molecule has 27 heavy (non-hydrogen) atoms. The lowest BCUT2D eigenvalue weighted by Gasteiger charge is -2.12. The zero-order valence-electron chi connectivity index (χ0n) is 14.4. The van der Waals surface area contributed by atoms with Crippen molar-refractivity contribution < 1.29 is 23.8 Å². The second kappa shape index (κ2) is 7.30. The van der Waals surface area contributed by atoms with Gasteiger partial charge < -0.3 is 14.7 Å². The molecule has 0 saturated heterocycles. The van der Waals surface area contributed by atoms with E-state index < -0.39 is 23.3 Å². The fraction of sp³-hybridized carbons (Fsp3) is 0.150. The number of phenolic OH excluding ortho intramolecular Hbond substituents is 1. The molecule has 1 N–H and O–H groups in total. The molecule has 0 aromatic heterocycles. The van der Waals surface area contributed by atoms with Crippen LogP contribution >= 0.6 is 0 Å². The number of nitriles is 1. The number of carbonyl (C=O) groups excluding carboxylic acids is 2. The normalized spacial score (nSPS) is 13.3. The number of benzene rings is 2. The van der Waals surface area contributed by atoms with Crippen LogP contribution in [0, 0.1) is 17.1 Å². The molecule has 1 aliphatic rings. The van der Waals surface area contributed by atoms with Crippen LogP contribution in [0.2, 0.25) is 0 Å². The first kappa shape index (κ1) is 18.1. The van der Waals surface area contributed by atoms with E-state index in [1.54, 1.807) is 24.3 Å². The third-order valence-corrected chi connectivity index (χ3v) is 4.26. The molecule has 0 saturated carbocycles. The standard InChI is InChI=1S/C20H15FN2O4/c1-27-14-4-2-12(3-5-14)16-10-13(11-17(24)18(16)21)19(25)15-6-8-23(9-7-22)20(15)26/h2-6,10-11,24H,8-9H2,1H3. The third kappa shape index (κ3) is 3.37. The van der Waals surface area contributed by atoms with Gasteiger partial charge in [-0.1, -0.05) is 12.1 Å². The molecule has 1 amide bonds. The number of hydrogen-bond acceptors (Lipinski definition) is 5. The van der Waals surface area contributed by atoms with Gasteiger partial charge in [-0.2, -0.15) is 5.26 Å². The summed E-state index contributed by atoms with van der Waals surface area (Å²) in [4.78, 5) is 26.1. The lowest BCUT2D eigenvalue weighted by molar-refractivity contribution is -0.124. The minimum atomic E-state index is -0.866. The van der Waals surface area contributed by atoms with E-state index in [1.165, 1.54) is 24.2 Å². The van der Waals surface area contributed by atoms with Crippen LogP contribution in [-0.4, -0.2) is 41.9 Å². The molecule has 0 spiro atoms. The van der Waals surface area contributed by atoms with E-state index in [4.69, 9.17) is 10.00 Å². The van der Waals surface area contributed by atoms with E-state index in [1.807, 2.05) is 6.07 Å². The van der Waals surface area contributed by atoms with E-state index in [2.05, 4.69) is 0 Å². The number of ketones is 1. The molecule has 0 fully saturated rings. The van der Waals surface area contributed by atoms with E-state index in [0.29, 0.717) is 11.3 Å². The Balaban J connectivity index is 1.98. The van der Waals surface area contributed by atoms with E-state index in [0.717, 1.165) is 6.07 Å². The average molecular weight is 366 g/mol. The molecule has 3 rings (SSSR count). The van der Waals surface area contributed by atoms with Crippen molar-refractivity contribution in [2.24, 2.45) is 0 Å². The fourth-order valence-corrected chi connectivity index (χ4v) is 2.83. The highest BCUT2D eigenvalue weighted by molar-refractivity contribution is 6.26. The molecule has 0 unspecified atom stereocenters. The average Bonchev–Trinajstić information content (AvgIpc) is 3.04. The van der Waals surface area contributed by atoms with Gasteiger partial charge >= 0.3 is 0 Å². The SMILES string of the molecule is COc1ccc(-c2cc(C(=O)C3=CCN(CC#N)C3=O)cc(O)c2F)cc1. The molecule has 7 heteroatoms. The highest BCUT2D eigenvalue weighted by atomic mass is 19.1. The summed E-state index contributed by atoms with van der Waals surface area (Å²) in [5.41, 5.74) is 0.354.